The Kier molecular flexibility index (Phi) is 7.40. The fourth-order valence-corrected chi connectivity index (χ4v) is 2.55. The quantitative estimate of drug-likeness (QED) is 0.772. The van der Waals surface area contributed by atoms with Gasteiger partial charge in [0, 0.05) is 12.6 Å². The summed E-state index contributed by atoms with van der Waals surface area (Å²) in [5, 5.41) is 2.92. The zero-order chi connectivity index (χ0) is 15.8. The van der Waals surface area contributed by atoms with Gasteiger partial charge in [0.15, 0.2) is 0 Å². The van der Waals surface area contributed by atoms with Crippen molar-refractivity contribution in [2.45, 2.75) is 45.7 Å². The van der Waals surface area contributed by atoms with Crippen molar-refractivity contribution in [3.8, 4) is 0 Å². The molecule has 2 atom stereocenters. The molecule has 0 radical (unpaired) electrons. The Balaban J connectivity index is 2.85. The summed E-state index contributed by atoms with van der Waals surface area (Å²) in [6, 6.07) is 8.43. The van der Waals surface area contributed by atoms with Crippen LogP contribution in [0.5, 0.6) is 0 Å². The van der Waals surface area contributed by atoms with Gasteiger partial charge in [0.25, 0.3) is 0 Å². The molecule has 4 nitrogen and oxygen atoms in total. The average molecular weight is 291 g/mol. The predicted octanol–water partition coefficient (Wildman–Crippen LogP) is 2.23. The molecule has 118 valence electrons. The number of amides is 1. The minimum absolute atomic E-state index is 0.00998. The number of likely N-dealkylation sites (N-methyl/N-ethyl adjacent to an activating group) is 1. The Morgan fingerprint density at radius 3 is 2.67 bits per heavy atom. The fourth-order valence-electron chi connectivity index (χ4n) is 2.55. The maximum Gasteiger partial charge on any atom is 0.234 e. The van der Waals surface area contributed by atoms with E-state index in [9.17, 15) is 4.79 Å². The topological polar surface area (TPSA) is 58.4 Å². The first-order valence-corrected chi connectivity index (χ1v) is 7.78. The van der Waals surface area contributed by atoms with Crippen molar-refractivity contribution < 1.29 is 4.79 Å². The number of hydrogen-bond acceptors (Lipinski definition) is 3. The molecule has 0 saturated carbocycles. The molecular weight excluding hydrogens is 262 g/mol. The van der Waals surface area contributed by atoms with Gasteiger partial charge < -0.3 is 11.1 Å². The van der Waals surface area contributed by atoms with Crippen LogP contribution in [0.15, 0.2) is 24.3 Å². The summed E-state index contributed by atoms with van der Waals surface area (Å²) in [5.74, 6) is 0.0558. The molecule has 0 aliphatic carbocycles. The third-order valence-corrected chi connectivity index (χ3v) is 3.70. The molecule has 0 saturated heterocycles. The molecule has 0 aromatic heterocycles. The Morgan fingerprint density at radius 2 is 2.10 bits per heavy atom. The summed E-state index contributed by atoms with van der Waals surface area (Å²) in [4.78, 5) is 14.0. The van der Waals surface area contributed by atoms with Gasteiger partial charge in [0.2, 0.25) is 5.91 Å². The number of nitrogens with zero attached hydrogens (tertiary/aromatic N) is 1. The van der Waals surface area contributed by atoms with E-state index >= 15 is 0 Å². The number of aryl methyl sites for hydroxylation is 1. The highest BCUT2D eigenvalue weighted by Crippen LogP contribution is 2.24. The average Bonchev–Trinajstić information content (AvgIpc) is 2.45. The van der Waals surface area contributed by atoms with E-state index in [1.54, 1.807) is 0 Å². The lowest BCUT2D eigenvalue weighted by atomic mass is 9.95. The molecule has 1 rings (SSSR count). The van der Waals surface area contributed by atoms with Crippen LogP contribution in [0.2, 0.25) is 0 Å². The number of benzene rings is 1. The van der Waals surface area contributed by atoms with Gasteiger partial charge in [-0.05, 0) is 32.4 Å². The summed E-state index contributed by atoms with van der Waals surface area (Å²) in [7, 11) is 1.97. The third-order valence-electron chi connectivity index (χ3n) is 3.70. The maximum absolute atomic E-state index is 11.9. The highest BCUT2D eigenvalue weighted by molar-refractivity contribution is 5.78. The molecule has 4 heteroatoms. The molecule has 0 heterocycles. The monoisotopic (exact) mass is 291 g/mol. The molecule has 3 N–H and O–H groups in total. The van der Waals surface area contributed by atoms with Crippen LogP contribution in [0.1, 0.15) is 43.9 Å². The highest BCUT2D eigenvalue weighted by Gasteiger charge is 2.24. The molecule has 1 aromatic carbocycles. The largest absolute Gasteiger partial charge is 0.355 e. The van der Waals surface area contributed by atoms with E-state index in [0.717, 1.165) is 19.4 Å². The molecule has 0 spiro atoms. The lowest BCUT2D eigenvalue weighted by Gasteiger charge is -2.32. The number of nitrogens with two attached hydrogens (primary N) is 1. The van der Waals surface area contributed by atoms with Crippen molar-refractivity contribution in [1.29, 1.82) is 0 Å². The van der Waals surface area contributed by atoms with Gasteiger partial charge in [0.05, 0.1) is 12.6 Å². The highest BCUT2D eigenvalue weighted by atomic mass is 16.2. The molecule has 0 aliphatic heterocycles. The zero-order valence-electron chi connectivity index (χ0n) is 13.7. The number of rotatable bonds is 8. The van der Waals surface area contributed by atoms with Gasteiger partial charge in [-0.25, -0.2) is 0 Å². The fraction of sp³-hybridized carbons (Fsp3) is 0.588. The van der Waals surface area contributed by atoms with Crippen molar-refractivity contribution in [2.24, 2.45) is 5.73 Å². The predicted molar refractivity (Wildman–Crippen MR) is 88.1 cm³/mol. The standard InChI is InChI=1S/C17H29N3O/c1-5-10-19-16(21)12-20(4)17(15(18)6-2)14-9-7-8-13(3)11-14/h7-9,11,15,17H,5-6,10,12,18H2,1-4H3,(H,19,21). The van der Waals surface area contributed by atoms with Gasteiger partial charge in [-0.3, -0.25) is 9.69 Å². The maximum atomic E-state index is 11.9. The van der Waals surface area contributed by atoms with E-state index in [1.807, 2.05) is 24.9 Å². The van der Waals surface area contributed by atoms with Crippen LogP contribution in [0.3, 0.4) is 0 Å². The number of hydrogen-bond donors (Lipinski definition) is 2. The van der Waals surface area contributed by atoms with Gasteiger partial charge in [-0.1, -0.05) is 43.7 Å². The van der Waals surface area contributed by atoms with E-state index < -0.39 is 0 Å². The third kappa shape index (κ3) is 5.48. The summed E-state index contributed by atoms with van der Waals surface area (Å²) in [6.07, 6.45) is 1.82. The van der Waals surface area contributed by atoms with Crippen LogP contribution in [0.25, 0.3) is 0 Å². The molecule has 21 heavy (non-hydrogen) atoms. The molecular formula is C17H29N3O. The molecule has 2 unspecified atom stereocenters. The molecule has 0 bridgehead atoms. The Labute approximate surface area is 128 Å². The van der Waals surface area contributed by atoms with Crippen LogP contribution < -0.4 is 11.1 Å². The van der Waals surface area contributed by atoms with Gasteiger partial charge in [-0.15, -0.1) is 0 Å². The second kappa shape index (κ2) is 8.80. The first-order chi connectivity index (χ1) is 9.99. The van der Waals surface area contributed by atoms with Crippen LogP contribution in [-0.2, 0) is 4.79 Å². The van der Waals surface area contributed by atoms with Crippen molar-refractivity contribution >= 4 is 5.91 Å². The lowest BCUT2D eigenvalue weighted by Crippen LogP contribution is -2.43. The summed E-state index contributed by atoms with van der Waals surface area (Å²) >= 11 is 0. The number of carbonyl (C=O) groups is 1. The Morgan fingerprint density at radius 1 is 1.38 bits per heavy atom. The second-order valence-electron chi connectivity index (χ2n) is 5.70. The number of carbonyl (C=O) groups excluding carboxylic acids is 1. The van der Waals surface area contributed by atoms with Crippen molar-refractivity contribution in [3.63, 3.8) is 0 Å². The van der Waals surface area contributed by atoms with Gasteiger partial charge >= 0.3 is 0 Å². The molecule has 1 aromatic rings. The normalized spacial score (nSPS) is 14.0. The van der Waals surface area contributed by atoms with Gasteiger partial charge in [-0.2, -0.15) is 0 Å². The van der Waals surface area contributed by atoms with Crippen LogP contribution in [0.4, 0.5) is 0 Å². The van der Waals surface area contributed by atoms with E-state index in [0.29, 0.717) is 6.54 Å². The molecule has 0 aliphatic rings. The van der Waals surface area contributed by atoms with Crippen molar-refractivity contribution in [1.82, 2.24) is 10.2 Å². The van der Waals surface area contributed by atoms with Crippen LogP contribution >= 0.6 is 0 Å². The first-order valence-electron chi connectivity index (χ1n) is 7.78. The minimum atomic E-state index is 0.00998. The van der Waals surface area contributed by atoms with E-state index in [-0.39, 0.29) is 18.0 Å². The van der Waals surface area contributed by atoms with E-state index in [1.165, 1.54) is 11.1 Å². The van der Waals surface area contributed by atoms with Crippen molar-refractivity contribution in [3.05, 3.63) is 35.4 Å². The van der Waals surface area contributed by atoms with Crippen LogP contribution in [-0.4, -0.2) is 37.0 Å². The van der Waals surface area contributed by atoms with E-state index in [4.69, 9.17) is 5.73 Å². The smallest absolute Gasteiger partial charge is 0.234 e. The summed E-state index contributed by atoms with van der Waals surface area (Å²) in [5.41, 5.74) is 8.69. The summed E-state index contributed by atoms with van der Waals surface area (Å²) < 4.78 is 0. The minimum Gasteiger partial charge on any atom is -0.355 e. The number of nitrogens with one attached hydrogen (secondary N) is 1. The van der Waals surface area contributed by atoms with Gasteiger partial charge in [0.1, 0.15) is 0 Å². The molecule has 0 fully saturated rings. The Hall–Kier alpha value is -1.39. The zero-order valence-corrected chi connectivity index (χ0v) is 13.7. The molecule has 1 amide bonds. The summed E-state index contributed by atoms with van der Waals surface area (Å²) in [6.45, 7) is 7.30. The first kappa shape index (κ1) is 17.7. The van der Waals surface area contributed by atoms with E-state index in [2.05, 4.69) is 37.4 Å². The Bertz CT molecular complexity index is 447. The lowest BCUT2D eigenvalue weighted by molar-refractivity contribution is -0.122. The van der Waals surface area contributed by atoms with Crippen LogP contribution in [0, 0.1) is 6.92 Å². The SMILES string of the molecule is CCCNC(=O)CN(C)C(c1cccc(C)c1)C(N)CC. The van der Waals surface area contributed by atoms with Crippen molar-refractivity contribution in [2.75, 3.05) is 20.1 Å². The second-order valence-corrected chi connectivity index (χ2v) is 5.70.